The molecule has 316 valence electrons. The summed E-state index contributed by atoms with van der Waals surface area (Å²) in [7, 11) is 0. The highest BCUT2D eigenvalue weighted by atomic mass is 15.1. The van der Waals surface area contributed by atoms with E-state index in [2.05, 4.69) is 195 Å². The molecule has 9 aromatic rings. The average Bonchev–Trinajstić information content (AvgIpc) is 3.90. The van der Waals surface area contributed by atoms with Crippen molar-refractivity contribution in [3.8, 4) is 22.5 Å². The van der Waals surface area contributed by atoms with Gasteiger partial charge in [0.15, 0.2) is 0 Å². The van der Waals surface area contributed by atoms with Gasteiger partial charge in [-0.05, 0) is 149 Å². The Labute approximate surface area is 379 Å². The molecule has 3 heteroatoms. The molecule has 0 saturated carbocycles. The molecule has 1 aliphatic carbocycles. The Balaban J connectivity index is 1.30. The molecule has 0 N–H and O–H groups in total. The van der Waals surface area contributed by atoms with E-state index in [4.69, 9.17) is 0 Å². The lowest BCUT2D eigenvalue weighted by Crippen LogP contribution is -2.60. The number of hydrogen-bond acceptors (Lipinski definition) is 0. The lowest BCUT2D eigenvalue weighted by molar-refractivity contribution is 0.735. The predicted octanol–water partition coefficient (Wildman–Crippen LogP) is 14.4. The minimum absolute atomic E-state index is 0.0839. The monoisotopic (exact) mass is 830 g/mol. The zero-order valence-corrected chi connectivity index (χ0v) is 39.8. The molecule has 2 aromatic heterocycles. The van der Waals surface area contributed by atoms with E-state index < -0.39 is 5.41 Å². The molecule has 13 rings (SSSR count). The second-order valence-electron chi connectivity index (χ2n) is 22.0. The molecular formula is C61H59BN2. The van der Waals surface area contributed by atoms with Gasteiger partial charge in [0, 0.05) is 44.0 Å². The summed E-state index contributed by atoms with van der Waals surface area (Å²) in [4.78, 5) is 0. The zero-order valence-electron chi connectivity index (χ0n) is 39.8. The van der Waals surface area contributed by atoms with E-state index in [-0.39, 0.29) is 6.71 Å². The van der Waals surface area contributed by atoms with Crippen LogP contribution in [0, 0.1) is 0 Å². The summed E-state index contributed by atoms with van der Waals surface area (Å²) < 4.78 is 5.49. The number of rotatable bonds is 6. The van der Waals surface area contributed by atoms with Crippen LogP contribution >= 0.6 is 0 Å². The average molecular weight is 831 g/mol. The van der Waals surface area contributed by atoms with Gasteiger partial charge in [0.05, 0.1) is 16.4 Å². The number of hydrogen-bond donors (Lipinski definition) is 0. The Kier molecular flexibility index (Phi) is 7.68. The maximum Gasteiger partial charge on any atom is 0.252 e. The maximum absolute atomic E-state index is 2.79. The first-order chi connectivity index (χ1) is 30.7. The SMILES string of the molecule is CC(C)c1ccc2c(c1)C1(c3cc(C(C)C)ccc3-2)c2ccc3c4c2-n2c5c(cc(C(C)C)cc5c5cc(C(C)C)cc1c52)B4c1ccc(C(C)C)c2c4cc(C(C)C)ccc4n-3c12. The molecule has 0 amide bonds. The van der Waals surface area contributed by atoms with Gasteiger partial charge in [-0.1, -0.05) is 156 Å². The number of aromatic nitrogens is 2. The van der Waals surface area contributed by atoms with Crippen molar-refractivity contribution in [1.82, 2.24) is 9.13 Å². The topological polar surface area (TPSA) is 9.86 Å². The Hall–Kier alpha value is -5.80. The first-order valence-electron chi connectivity index (χ1n) is 24.5. The van der Waals surface area contributed by atoms with Crippen molar-refractivity contribution < 1.29 is 0 Å². The molecular weight excluding hydrogens is 771 g/mol. The molecule has 7 aromatic carbocycles. The van der Waals surface area contributed by atoms with Crippen molar-refractivity contribution in [2.45, 2.75) is 124 Å². The standard InChI is InChI=1S/C61H59BN2/c1-30(2)36-15-21-53-46(23-36)55-41(35(11)12)18-20-51-60(55)63(53)54-22-19-47-59-56(54)62(51)52-29-40(34(9)10)25-45-44-24-39(33(7)8)28-50(57(44)64(59)58(45)52)61(47)48-26-37(31(3)4)13-16-42(48)43-17-14-38(32(5)6)27-49(43)61/h13-35H,1-12H3. The summed E-state index contributed by atoms with van der Waals surface area (Å²) in [5.74, 6) is 2.42. The Morgan fingerprint density at radius 3 is 1.56 bits per heavy atom. The minimum Gasteiger partial charge on any atom is -0.310 e. The van der Waals surface area contributed by atoms with E-state index in [0.29, 0.717) is 35.5 Å². The van der Waals surface area contributed by atoms with Gasteiger partial charge >= 0.3 is 0 Å². The normalized spacial score (nSPS) is 14.9. The fourth-order valence-corrected chi connectivity index (χ4v) is 13.2. The van der Waals surface area contributed by atoms with Crippen LogP contribution in [0.1, 0.15) is 174 Å². The Bertz CT molecular complexity index is 3520. The number of nitrogens with zero attached hydrogens (tertiary/aromatic N) is 2. The molecule has 2 nitrogen and oxygen atoms in total. The lowest BCUT2D eigenvalue weighted by atomic mass is 9.33. The predicted molar refractivity (Wildman–Crippen MR) is 275 cm³/mol. The van der Waals surface area contributed by atoms with E-state index in [1.54, 1.807) is 0 Å². The molecule has 5 heterocycles. The summed E-state index contributed by atoms with van der Waals surface area (Å²) in [6, 6.07) is 43.0. The molecule has 0 radical (unpaired) electrons. The van der Waals surface area contributed by atoms with Crippen LogP contribution in [0.15, 0.2) is 103 Å². The van der Waals surface area contributed by atoms with Gasteiger partial charge in [0.2, 0.25) is 0 Å². The van der Waals surface area contributed by atoms with Crippen molar-refractivity contribution in [3.05, 3.63) is 159 Å². The fourth-order valence-electron chi connectivity index (χ4n) is 13.2. The Morgan fingerprint density at radius 1 is 0.406 bits per heavy atom. The highest BCUT2D eigenvalue weighted by Gasteiger charge is 2.55. The largest absolute Gasteiger partial charge is 0.310 e. The van der Waals surface area contributed by atoms with Crippen LogP contribution in [0.2, 0.25) is 0 Å². The third-order valence-corrected chi connectivity index (χ3v) is 16.5. The van der Waals surface area contributed by atoms with E-state index in [0.717, 1.165) is 0 Å². The van der Waals surface area contributed by atoms with Gasteiger partial charge in [-0.2, -0.15) is 0 Å². The van der Waals surface area contributed by atoms with Crippen LogP contribution in [0.3, 0.4) is 0 Å². The molecule has 3 aliphatic heterocycles. The van der Waals surface area contributed by atoms with Crippen LogP contribution in [0.25, 0.3) is 66.1 Å². The summed E-state index contributed by atoms with van der Waals surface area (Å²) in [6.07, 6.45) is 0. The highest BCUT2D eigenvalue weighted by Crippen LogP contribution is 2.62. The molecule has 1 spiro atoms. The van der Waals surface area contributed by atoms with Crippen LogP contribution in [-0.4, -0.2) is 15.8 Å². The van der Waals surface area contributed by atoms with Gasteiger partial charge in [-0.15, -0.1) is 0 Å². The molecule has 0 unspecified atom stereocenters. The molecule has 0 saturated heterocycles. The first kappa shape index (κ1) is 38.6. The van der Waals surface area contributed by atoms with E-state index >= 15 is 0 Å². The lowest BCUT2D eigenvalue weighted by Gasteiger charge is -2.44. The van der Waals surface area contributed by atoms with Crippen molar-refractivity contribution in [2.75, 3.05) is 0 Å². The van der Waals surface area contributed by atoms with Crippen molar-refractivity contribution in [1.29, 1.82) is 0 Å². The van der Waals surface area contributed by atoms with Gasteiger partial charge in [0.1, 0.15) is 0 Å². The summed E-state index contributed by atoms with van der Waals surface area (Å²) in [6.45, 7) is 28.5. The van der Waals surface area contributed by atoms with Gasteiger partial charge in [-0.25, -0.2) is 0 Å². The first-order valence-corrected chi connectivity index (χ1v) is 24.5. The van der Waals surface area contributed by atoms with Crippen molar-refractivity contribution in [3.63, 3.8) is 0 Å². The minimum atomic E-state index is -0.511. The van der Waals surface area contributed by atoms with Gasteiger partial charge < -0.3 is 9.13 Å². The zero-order chi connectivity index (χ0) is 44.2. The summed E-state index contributed by atoms with van der Waals surface area (Å²) >= 11 is 0. The van der Waals surface area contributed by atoms with Crippen molar-refractivity contribution >= 4 is 66.7 Å². The second kappa shape index (κ2) is 12.7. The maximum atomic E-state index is 2.79. The molecule has 0 atom stereocenters. The smallest absolute Gasteiger partial charge is 0.252 e. The quantitative estimate of drug-likeness (QED) is 0.148. The van der Waals surface area contributed by atoms with E-state index in [9.17, 15) is 0 Å². The van der Waals surface area contributed by atoms with Gasteiger partial charge in [0.25, 0.3) is 6.71 Å². The fraction of sp³-hybridized carbons (Fsp3) is 0.311. The summed E-state index contributed by atoms with van der Waals surface area (Å²) in [5.41, 5.74) is 29.2. The number of fused-ring (bicyclic) bond motifs is 14. The van der Waals surface area contributed by atoms with E-state index in [1.165, 1.54) is 138 Å². The van der Waals surface area contributed by atoms with Crippen LogP contribution in [0.4, 0.5) is 0 Å². The third kappa shape index (κ3) is 4.50. The molecule has 0 bridgehead atoms. The highest BCUT2D eigenvalue weighted by molar-refractivity contribution is 7.00. The summed E-state index contributed by atoms with van der Waals surface area (Å²) in [5, 5.41) is 5.65. The molecule has 0 fully saturated rings. The molecule has 4 aliphatic rings. The molecule has 64 heavy (non-hydrogen) atoms. The Morgan fingerprint density at radius 2 is 0.953 bits per heavy atom. The van der Waals surface area contributed by atoms with Crippen LogP contribution < -0.4 is 16.4 Å². The second-order valence-corrected chi connectivity index (χ2v) is 22.0. The van der Waals surface area contributed by atoms with Crippen molar-refractivity contribution in [2.24, 2.45) is 0 Å². The number of benzene rings is 7. The van der Waals surface area contributed by atoms with Crippen LogP contribution in [0.5, 0.6) is 0 Å². The third-order valence-electron chi connectivity index (χ3n) is 16.5. The van der Waals surface area contributed by atoms with Crippen LogP contribution in [-0.2, 0) is 5.41 Å². The van der Waals surface area contributed by atoms with Gasteiger partial charge in [-0.3, -0.25) is 0 Å². The van der Waals surface area contributed by atoms with E-state index in [1.807, 2.05) is 0 Å².